The van der Waals surface area contributed by atoms with Gasteiger partial charge in [0, 0.05) is 22.9 Å². The zero-order valence-electron chi connectivity index (χ0n) is 17.7. The molecule has 4 rings (SSSR count). The SMILES string of the molecule is N#Cc1c(-c2cccc(N(CC(N)=O)C3CCCC3)c2)cc(-c2ccccc2O)nc1N. The van der Waals surface area contributed by atoms with E-state index in [9.17, 15) is 15.2 Å². The summed E-state index contributed by atoms with van der Waals surface area (Å²) >= 11 is 0. The maximum Gasteiger partial charge on any atom is 0.236 e. The van der Waals surface area contributed by atoms with E-state index >= 15 is 0 Å². The quantitative estimate of drug-likeness (QED) is 0.548. The predicted octanol–water partition coefficient (Wildman–Crippen LogP) is 3.81. The highest BCUT2D eigenvalue weighted by atomic mass is 16.3. The molecule has 0 radical (unpaired) electrons. The largest absolute Gasteiger partial charge is 0.507 e. The Balaban J connectivity index is 1.82. The Kier molecular flexibility index (Phi) is 5.95. The Morgan fingerprint density at radius 1 is 1.12 bits per heavy atom. The van der Waals surface area contributed by atoms with Crippen LogP contribution in [0.5, 0.6) is 5.75 Å². The van der Waals surface area contributed by atoms with E-state index in [1.165, 1.54) is 0 Å². The number of hydrogen-bond acceptors (Lipinski definition) is 6. The number of rotatable bonds is 6. The number of para-hydroxylation sites is 1. The number of phenols is 1. The lowest BCUT2D eigenvalue weighted by Gasteiger charge is -2.30. The average molecular weight is 428 g/mol. The number of nitrogens with two attached hydrogens (primary N) is 2. The van der Waals surface area contributed by atoms with Gasteiger partial charge in [0.2, 0.25) is 5.91 Å². The zero-order chi connectivity index (χ0) is 22.7. The molecule has 32 heavy (non-hydrogen) atoms. The van der Waals surface area contributed by atoms with Crippen molar-refractivity contribution in [3.63, 3.8) is 0 Å². The summed E-state index contributed by atoms with van der Waals surface area (Å²) in [5.74, 6) is -0.203. The minimum absolute atomic E-state index is 0.0812. The lowest BCUT2D eigenvalue weighted by molar-refractivity contribution is -0.116. The number of primary amides is 1. The fourth-order valence-corrected chi connectivity index (χ4v) is 4.41. The van der Waals surface area contributed by atoms with Gasteiger partial charge in [-0.15, -0.1) is 0 Å². The first-order valence-corrected chi connectivity index (χ1v) is 10.6. The smallest absolute Gasteiger partial charge is 0.236 e. The van der Waals surface area contributed by atoms with Gasteiger partial charge in [-0.05, 0) is 48.7 Å². The third-order valence-electron chi connectivity index (χ3n) is 5.92. The van der Waals surface area contributed by atoms with Gasteiger partial charge in [0.25, 0.3) is 0 Å². The van der Waals surface area contributed by atoms with Crippen molar-refractivity contribution >= 4 is 17.4 Å². The van der Waals surface area contributed by atoms with E-state index in [1.807, 2.05) is 24.3 Å². The Hall–Kier alpha value is -4.05. The number of phenolic OH excluding ortho intramolecular Hbond substituents is 1. The van der Waals surface area contributed by atoms with Crippen molar-refractivity contribution in [3.05, 3.63) is 60.2 Å². The molecule has 1 heterocycles. The summed E-state index contributed by atoms with van der Waals surface area (Å²) in [6.45, 7) is 0.140. The van der Waals surface area contributed by atoms with Crippen LogP contribution in [-0.4, -0.2) is 28.6 Å². The van der Waals surface area contributed by atoms with Gasteiger partial charge >= 0.3 is 0 Å². The van der Waals surface area contributed by atoms with E-state index in [0.29, 0.717) is 16.8 Å². The third-order valence-corrected chi connectivity index (χ3v) is 5.92. The fourth-order valence-electron chi connectivity index (χ4n) is 4.41. The highest BCUT2D eigenvalue weighted by molar-refractivity contribution is 5.84. The van der Waals surface area contributed by atoms with Gasteiger partial charge in [0.05, 0.1) is 12.2 Å². The Bertz CT molecular complexity index is 1200. The van der Waals surface area contributed by atoms with E-state index in [-0.39, 0.29) is 35.6 Å². The molecule has 1 aliphatic rings. The molecule has 7 heteroatoms. The van der Waals surface area contributed by atoms with Crippen LogP contribution in [0.15, 0.2) is 54.6 Å². The molecular formula is C25H25N5O2. The molecule has 0 atom stereocenters. The Morgan fingerprint density at radius 3 is 2.56 bits per heavy atom. The number of aromatic nitrogens is 1. The number of carbonyl (C=O) groups excluding carboxylic acids is 1. The summed E-state index contributed by atoms with van der Waals surface area (Å²) in [6, 6.07) is 18.7. The normalized spacial score (nSPS) is 13.6. The Morgan fingerprint density at radius 2 is 1.88 bits per heavy atom. The van der Waals surface area contributed by atoms with E-state index < -0.39 is 0 Å². The van der Waals surface area contributed by atoms with Gasteiger partial charge < -0.3 is 21.5 Å². The van der Waals surface area contributed by atoms with E-state index in [0.717, 1.165) is 36.9 Å². The number of aromatic hydroxyl groups is 1. The first-order valence-electron chi connectivity index (χ1n) is 10.6. The van der Waals surface area contributed by atoms with Gasteiger partial charge in [-0.1, -0.05) is 37.1 Å². The summed E-state index contributed by atoms with van der Waals surface area (Å²) < 4.78 is 0. The van der Waals surface area contributed by atoms with Crippen LogP contribution in [0.1, 0.15) is 31.2 Å². The number of pyridine rings is 1. The van der Waals surface area contributed by atoms with Crippen molar-refractivity contribution in [2.45, 2.75) is 31.7 Å². The summed E-state index contributed by atoms with van der Waals surface area (Å²) in [6.07, 6.45) is 4.28. The molecule has 2 aromatic carbocycles. The highest BCUT2D eigenvalue weighted by Gasteiger charge is 2.25. The predicted molar refractivity (Wildman–Crippen MR) is 125 cm³/mol. The lowest BCUT2D eigenvalue weighted by Crippen LogP contribution is -2.40. The fraction of sp³-hybridized carbons (Fsp3) is 0.240. The molecule has 1 saturated carbocycles. The monoisotopic (exact) mass is 427 g/mol. The molecule has 3 aromatic rings. The highest BCUT2D eigenvalue weighted by Crippen LogP contribution is 2.36. The van der Waals surface area contributed by atoms with Gasteiger partial charge in [-0.3, -0.25) is 4.79 Å². The Labute approximate surface area is 186 Å². The van der Waals surface area contributed by atoms with E-state index in [4.69, 9.17) is 11.5 Å². The summed E-state index contributed by atoms with van der Waals surface area (Å²) in [7, 11) is 0. The molecule has 1 aromatic heterocycles. The summed E-state index contributed by atoms with van der Waals surface area (Å²) in [4.78, 5) is 18.2. The number of anilines is 2. The molecule has 0 bridgehead atoms. The van der Waals surface area contributed by atoms with Crippen LogP contribution in [0.4, 0.5) is 11.5 Å². The van der Waals surface area contributed by atoms with Crippen molar-refractivity contribution in [2.24, 2.45) is 5.73 Å². The van der Waals surface area contributed by atoms with Crippen LogP contribution in [0, 0.1) is 11.3 Å². The molecule has 1 aliphatic carbocycles. The molecule has 1 fully saturated rings. The van der Waals surface area contributed by atoms with Crippen molar-refractivity contribution in [2.75, 3.05) is 17.2 Å². The third kappa shape index (κ3) is 4.21. The van der Waals surface area contributed by atoms with Crippen LogP contribution in [0.3, 0.4) is 0 Å². The van der Waals surface area contributed by atoms with Crippen LogP contribution >= 0.6 is 0 Å². The molecule has 5 N–H and O–H groups in total. The minimum Gasteiger partial charge on any atom is -0.507 e. The lowest BCUT2D eigenvalue weighted by atomic mass is 9.97. The second kappa shape index (κ2) is 8.98. The topological polar surface area (TPSA) is 129 Å². The number of amides is 1. The summed E-state index contributed by atoms with van der Waals surface area (Å²) in [5.41, 5.74) is 15.2. The van der Waals surface area contributed by atoms with Gasteiger partial charge in [0.15, 0.2) is 0 Å². The minimum atomic E-state index is -0.380. The number of nitrogen functional groups attached to an aromatic ring is 1. The van der Waals surface area contributed by atoms with Crippen molar-refractivity contribution in [3.8, 4) is 34.2 Å². The molecule has 0 saturated heterocycles. The molecule has 7 nitrogen and oxygen atoms in total. The van der Waals surface area contributed by atoms with Crippen LogP contribution < -0.4 is 16.4 Å². The molecule has 162 valence electrons. The van der Waals surface area contributed by atoms with Gasteiger partial charge in [-0.2, -0.15) is 5.26 Å². The van der Waals surface area contributed by atoms with E-state index in [1.54, 1.807) is 30.3 Å². The second-order valence-electron chi connectivity index (χ2n) is 8.03. The second-order valence-corrected chi connectivity index (χ2v) is 8.03. The van der Waals surface area contributed by atoms with Gasteiger partial charge in [-0.25, -0.2) is 4.98 Å². The molecule has 0 aliphatic heterocycles. The molecule has 0 spiro atoms. The molecule has 0 unspecified atom stereocenters. The van der Waals surface area contributed by atoms with Crippen LogP contribution in [-0.2, 0) is 4.79 Å². The van der Waals surface area contributed by atoms with Gasteiger partial charge in [0.1, 0.15) is 23.2 Å². The number of nitrogens with zero attached hydrogens (tertiary/aromatic N) is 3. The first-order chi connectivity index (χ1) is 15.5. The zero-order valence-corrected chi connectivity index (χ0v) is 17.7. The van der Waals surface area contributed by atoms with Crippen molar-refractivity contribution in [1.82, 2.24) is 4.98 Å². The maximum atomic E-state index is 11.8. The molecular weight excluding hydrogens is 402 g/mol. The van der Waals surface area contributed by atoms with Crippen molar-refractivity contribution in [1.29, 1.82) is 5.26 Å². The number of benzene rings is 2. The number of hydrogen-bond donors (Lipinski definition) is 3. The number of carbonyl (C=O) groups is 1. The average Bonchev–Trinajstić information content (AvgIpc) is 3.32. The van der Waals surface area contributed by atoms with Crippen LogP contribution in [0.25, 0.3) is 22.4 Å². The van der Waals surface area contributed by atoms with Crippen LogP contribution in [0.2, 0.25) is 0 Å². The van der Waals surface area contributed by atoms with Crippen molar-refractivity contribution < 1.29 is 9.90 Å². The summed E-state index contributed by atoms with van der Waals surface area (Å²) in [5, 5.41) is 20.0. The molecule has 1 amide bonds. The standard InChI is InChI=1S/C25H25N5O2/c26-14-21-20(13-22(29-25(21)28)19-10-3-4-11-23(19)31)16-6-5-9-18(12-16)30(15-24(27)32)17-7-1-2-8-17/h3-6,9-13,17,31H,1-2,7-8,15H2,(H2,27,32)(H2,28,29). The van der Waals surface area contributed by atoms with E-state index in [2.05, 4.69) is 16.0 Å². The maximum absolute atomic E-state index is 11.8. The first kappa shape index (κ1) is 21.2. The number of nitriles is 1.